The molecule has 2 atom stereocenters. The minimum atomic E-state index is -4.19. The molecule has 34 heavy (non-hydrogen) atoms. The van der Waals surface area contributed by atoms with Crippen molar-refractivity contribution in [3.8, 4) is 0 Å². The van der Waals surface area contributed by atoms with E-state index in [9.17, 15) is 22.8 Å². The summed E-state index contributed by atoms with van der Waals surface area (Å²) in [6.07, 6.45) is 2.92. The van der Waals surface area contributed by atoms with Gasteiger partial charge in [-0.3, -0.25) is 9.59 Å². The van der Waals surface area contributed by atoms with E-state index < -0.39 is 43.9 Å². The predicted octanol–water partition coefficient (Wildman–Crippen LogP) is 2.52. The third-order valence-corrected chi connectivity index (χ3v) is 7.57. The molecule has 0 radical (unpaired) electrons. The number of hydrogen-bond acceptors (Lipinski definition) is 10. The van der Waals surface area contributed by atoms with E-state index in [1.807, 2.05) is 0 Å². The number of primary sulfonamides is 1. The van der Waals surface area contributed by atoms with E-state index in [2.05, 4.69) is 10.6 Å². The maximum absolute atomic E-state index is 13.0. The Labute approximate surface area is 206 Å². The number of sulfonamides is 1. The normalized spacial score (nSPS) is 16.7. The van der Waals surface area contributed by atoms with E-state index in [0.29, 0.717) is 18.7 Å². The smallest absolute Gasteiger partial charge is 0.330 e. The second-order valence-electron chi connectivity index (χ2n) is 7.69. The Balaban J connectivity index is 1.70. The number of benzene rings is 1. The van der Waals surface area contributed by atoms with Crippen molar-refractivity contribution in [2.75, 3.05) is 17.6 Å². The van der Waals surface area contributed by atoms with Crippen LogP contribution in [0.1, 0.15) is 35.9 Å². The van der Waals surface area contributed by atoms with Gasteiger partial charge in [-0.05, 0) is 43.7 Å². The van der Waals surface area contributed by atoms with Crippen molar-refractivity contribution >= 4 is 56.1 Å². The molecule has 2 aromatic rings. The van der Waals surface area contributed by atoms with Crippen molar-refractivity contribution in [3.63, 3.8) is 0 Å². The number of hydrogen-bond donors (Lipinski definition) is 3. The average molecular weight is 530 g/mol. The lowest BCUT2D eigenvalue weighted by Crippen LogP contribution is -2.35. The molecule has 1 aliphatic rings. The van der Waals surface area contributed by atoms with Crippen molar-refractivity contribution in [3.05, 3.63) is 46.9 Å². The zero-order valence-electron chi connectivity index (χ0n) is 18.2. The monoisotopic (exact) mass is 529 g/mol. The molecule has 0 amide bonds. The first-order chi connectivity index (χ1) is 16.1. The number of rotatable bonds is 9. The van der Waals surface area contributed by atoms with Gasteiger partial charge in [0, 0.05) is 11.4 Å². The first kappa shape index (κ1) is 26.2. The number of furan rings is 1. The fourth-order valence-electron chi connectivity index (χ4n) is 3.19. The largest absolute Gasteiger partial charge is 0.467 e. The molecular weight excluding hydrogens is 506 g/mol. The topological polar surface area (TPSA) is 158 Å². The molecule has 1 aromatic carbocycles. The van der Waals surface area contributed by atoms with Gasteiger partial charge in [0.1, 0.15) is 16.7 Å². The minimum Gasteiger partial charge on any atom is -0.467 e. The number of ether oxygens (including phenoxy) is 1. The van der Waals surface area contributed by atoms with Crippen LogP contribution in [0.3, 0.4) is 0 Å². The summed E-state index contributed by atoms with van der Waals surface area (Å²) in [6.45, 7) is 2.43. The van der Waals surface area contributed by atoms with Gasteiger partial charge in [0.2, 0.25) is 15.1 Å². The van der Waals surface area contributed by atoms with E-state index in [1.54, 1.807) is 12.1 Å². The fraction of sp³-hybridized carbons (Fsp3) is 0.381. The SMILES string of the molecule is CC(CSC(=O)c1cc(S(N)(=O)=O)c(Cl)cc1NCc1ccco1)C(=O)OC(=O)[C@@H]1CCCN1. The number of esters is 2. The van der Waals surface area contributed by atoms with Crippen LogP contribution in [0.4, 0.5) is 5.69 Å². The van der Waals surface area contributed by atoms with Crippen LogP contribution in [0, 0.1) is 5.92 Å². The number of carbonyl (C=O) groups excluding carboxylic acids is 3. The number of thioether (sulfide) groups is 1. The van der Waals surface area contributed by atoms with Gasteiger partial charge in [-0.15, -0.1) is 0 Å². The van der Waals surface area contributed by atoms with Gasteiger partial charge in [-0.25, -0.2) is 18.4 Å². The molecule has 2 heterocycles. The van der Waals surface area contributed by atoms with Gasteiger partial charge < -0.3 is 19.8 Å². The highest BCUT2D eigenvalue weighted by Gasteiger charge is 2.28. The predicted molar refractivity (Wildman–Crippen MR) is 127 cm³/mol. The summed E-state index contributed by atoms with van der Waals surface area (Å²) in [4.78, 5) is 36.8. The summed E-state index contributed by atoms with van der Waals surface area (Å²) in [6, 6.07) is 5.31. The molecule has 1 aliphatic heterocycles. The molecule has 1 unspecified atom stereocenters. The van der Waals surface area contributed by atoms with E-state index in [-0.39, 0.29) is 28.6 Å². The molecule has 4 N–H and O–H groups in total. The second kappa shape index (κ2) is 11.4. The van der Waals surface area contributed by atoms with Crippen LogP contribution in [-0.4, -0.2) is 43.8 Å². The summed E-state index contributed by atoms with van der Waals surface area (Å²) in [5.74, 6) is -1.55. The third kappa shape index (κ3) is 6.83. The molecule has 0 aliphatic carbocycles. The van der Waals surface area contributed by atoms with Crippen LogP contribution >= 0.6 is 23.4 Å². The Morgan fingerprint density at radius 3 is 2.76 bits per heavy atom. The van der Waals surface area contributed by atoms with E-state index in [4.69, 9.17) is 25.9 Å². The van der Waals surface area contributed by atoms with E-state index >= 15 is 0 Å². The fourth-order valence-corrected chi connectivity index (χ4v) is 5.15. The second-order valence-corrected chi connectivity index (χ2v) is 10.6. The molecule has 0 saturated carbocycles. The third-order valence-electron chi connectivity index (χ3n) is 5.04. The van der Waals surface area contributed by atoms with Crippen LogP contribution in [-0.2, 0) is 30.9 Å². The van der Waals surface area contributed by atoms with Crippen LogP contribution in [0.15, 0.2) is 39.8 Å². The first-order valence-electron chi connectivity index (χ1n) is 10.3. The quantitative estimate of drug-likeness (QED) is 0.325. The maximum Gasteiger partial charge on any atom is 0.330 e. The minimum absolute atomic E-state index is 0.00794. The summed E-state index contributed by atoms with van der Waals surface area (Å²) >= 11 is 6.86. The van der Waals surface area contributed by atoms with Gasteiger partial charge in [0.25, 0.3) is 0 Å². The van der Waals surface area contributed by atoms with E-state index in [0.717, 1.165) is 24.2 Å². The molecule has 3 rings (SSSR count). The molecule has 1 aromatic heterocycles. The number of anilines is 1. The van der Waals surface area contributed by atoms with Crippen LogP contribution in [0.2, 0.25) is 5.02 Å². The zero-order chi connectivity index (χ0) is 24.9. The molecule has 184 valence electrons. The molecular formula is C21H24ClN3O7S2. The summed E-state index contributed by atoms with van der Waals surface area (Å²) in [5.41, 5.74) is 0.279. The molecule has 13 heteroatoms. The Morgan fingerprint density at radius 1 is 1.38 bits per heavy atom. The lowest BCUT2D eigenvalue weighted by Gasteiger charge is -2.15. The first-order valence-corrected chi connectivity index (χ1v) is 13.3. The average Bonchev–Trinajstić information content (AvgIpc) is 3.49. The van der Waals surface area contributed by atoms with Crippen molar-refractivity contribution in [1.82, 2.24) is 5.32 Å². The summed E-state index contributed by atoms with van der Waals surface area (Å²) in [7, 11) is -4.19. The standard InChI is InChI=1S/C21H24ClN3O7S2/c1-12(19(26)32-20(27)16-5-2-6-24-16)11-33-21(28)14-8-18(34(23,29)30)15(22)9-17(14)25-10-13-4-3-7-31-13/h3-4,7-9,12,16,24-25H,2,5-6,10-11H2,1H3,(H2,23,29,30)/t12?,16-/m0/s1. The van der Waals surface area contributed by atoms with Crippen LogP contribution in [0.25, 0.3) is 0 Å². The van der Waals surface area contributed by atoms with Crippen molar-refractivity contribution in [2.45, 2.75) is 37.2 Å². The molecule has 1 fully saturated rings. The lowest BCUT2D eigenvalue weighted by atomic mass is 10.2. The van der Waals surface area contributed by atoms with Gasteiger partial charge >= 0.3 is 11.9 Å². The van der Waals surface area contributed by atoms with Gasteiger partial charge in [-0.2, -0.15) is 0 Å². The maximum atomic E-state index is 13.0. The van der Waals surface area contributed by atoms with E-state index in [1.165, 1.54) is 19.3 Å². The molecule has 0 bridgehead atoms. The van der Waals surface area contributed by atoms with Crippen molar-refractivity contribution in [2.24, 2.45) is 11.1 Å². The Morgan fingerprint density at radius 2 is 2.15 bits per heavy atom. The van der Waals surface area contributed by atoms with Crippen molar-refractivity contribution in [1.29, 1.82) is 0 Å². The summed E-state index contributed by atoms with van der Waals surface area (Å²) in [5, 5.41) is 10.5. The summed E-state index contributed by atoms with van der Waals surface area (Å²) < 4.78 is 34.0. The number of halogens is 1. The molecule has 10 nitrogen and oxygen atoms in total. The van der Waals surface area contributed by atoms with Crippen LogP contribution in [0.5, 0.6) is 0 Å². The van der Waals surface area contributed by atoms with Crippen molar-refractivity contribution < 1.29 is 32.0 Å². The Kier molecular flexibility index (Phi) is 8.77. The van der Waals surface area contributed by atoms with Gasteiger partial charge in [0.05, 0.1) is 29.3 Å². The molecule has 1 saturated heterocycles. The highest BCUT2D eigenvalue weighted by molar-refractivity contribution is 8.14. The zero-order valence-corrected chi connectivity index (χ0v) is 20.6. The Hall–Kier alpha value is -2.38. The van der Waals surface area contributed by atoms with Gasteiger partial charge in [0.15, 0.2) is 0 Å². The number of nitrogens with two attached hydrogens (primary N) is 1. The number of nitrogens with one attached hydrogen (secondary N) is 2. The molecule has 0 spiro atoms. The lowest BCUT2D eigenvalue weighted by molar-refractivity contribution is -0.163. The van der Waals surface area contributed by atoms with Crippen LogP contribution < -0.4 is 15.8 Å². The highest BCUT2D eigenvalue weighted by Crippen LogP contribution is 2.31. The van der Waals surface area contributed by atoms with Gasteiger partial charge in [-0.1, -0.05) is 30.3 Å². The number of carbonyl (C=O) groups is 3. The highest BCUT2D eigenvalue weighted by atomic mass is 35.5. The Bertz CT molecular complexity index is 1160.